The molecule has 3 rings (SSSR count). The summed E-state index contributed by atoms with van der Waals surface area (Å²) < 4.78 is 31.4. The lowest BCUT2D eigenvalue weighted by Crippen LogP contribution is -2.30. The largest absolute Gasteiger partial charge is 0.449 e. The van der Waals surface area contributed by atoms with Gasteiger partial charge in [-0.1, -0.05) is 36.4 Å². The molecular formula is C20H15F2NO3. The fourth-order valence-corrected chi connectivity index (χ4v) is 2.52. The monoisotopic (exact) mass is 355 g/mol. The molecule has 3 aromatic carbocycles. The summed E-state index contributed by atoms with van der Waals surface area (Å²) in [5, 5.41) is 4.49. The molecule has 0 radical (unpaired) electrons. The van der Waals surface area contributed by atoms with E-state index in [2.05, 4.69) is 5.32 Å². The van der Waals surface area contributed by atoms with Gasteiger partial charge in [0.15, 0.2) is 6.10 Å². The molecule has 1 atom stereocenters. The third-order valence-electron chi connectivity index (χ3n) is 3.80. The molecule has 6 heteroatoms. The smallest absolute Gasteiger partial charge is 0.339 e. The predicted molar refractivity (Wildman–Crippen MR) is 93.8 cm³/mol. The lowest BCUT2D eigenvalue weighted by atomic mass is 10.1. The summed E-state index contributed by atoms with van der Waals surface area (Å²) in [7, 11) is 0. The molecule has 0 saturated carbocycles. The molecule has 26 heavy (non-hydrogen) atoms. The Labute approximate surface area is 148 Å². The summed E-state index contributed by atoms with van der Waals surface area (Å²) in [5.74, 6) is -3.33. The van der Waals surface area contributed by atoms with Crippen LogP contribution in [0.1, 0.15) is 17.3 Å². The van der Waals surface area contributed by atoms with Gasteiger partial charge in [-0.15, -0.1) is 0 Å². The topological polar surface area (TPSA) is 55.4 Å². The van der Waals surface area contributed by atoms with E-state index in [-0.39, 0.29) is 5.56 Å². The molecule has 0 aliphatic heterocycles. The second-order valence-corrected chi connectivity index (χ2v) is 5.72. The molecule has 0 fully saturated rings. The van der Waals surface area contributed by atoms with Crippen molar-refractivity contribution in [2.75, 3.05) is 5.32 Å². The Kier molecular flexibility index (Phi) is 4.93. The number of ether oxygens (including phenoxy) is 1. The molecule has 1 amide bonds. The molecule has 0 spiro atoms. The maximum absolute atomic E-state index is 13.2. The van der Waals surface area contributed by atoms with Crippen molar-refractivity contribution in [3.05, 3.63) is 77.9 Å². The molecule has 0 aliphatic carbocycles. The zero-order valence-electron chi connectivity index (χ0n) is 13.8. The van der Waals surface area contributed by atoms with Crippen molar-refractivity contribution < 1.29 is 23.1 Å². The van der Waals surface area contributed by atoms with E-state index in [1.807, 2.05) is 30.3 Å². The number of esters is 1. The summed E-state index contributed by atoms with van der Waals surface area (Å²) in [6.45, 7) is 1.38. The lowest BCUT2D eigenvalue weighted by Gasteiger charge is -2.15. The average Bonchev–Trinajstić information content (AvgIpc) is 2.61. The highest BCUT2D eigenvalue weighted by atomic mass is 19.1. The number of fused-ring (bicyclic) bond motifs is 1. The van der Waals surface area contributed by atoms with Gasteiger partial charge in [0.2, 0.25) is 0 Å². The van der Waals surface area contributed by atoms with Crippen molar-refractivity contribution in [1.29, 1.82) is 0 Å². The molecule has 0 aliphatic rings. The molecule has 0 heterocycles. The van der Waals surface area contributed by atoms with Gasteiger partial charge in [0.1, 0.15) is 11.6 Å². The molecule has 0 saturated heterocycles. The van der Waals surface area contributed by atoms with Gasteiger partial charge >= 0.3 is 5.97 Å². The molecule has 4 nitrogen and oxygen atoms in total. The van der Waals surface area contributed by atoms with Crippen LogP contribution in [0, 0.1) is 11.6 Å². The SMILES string of the molecule is CC(OC(=O)c1cc(F)cc(F)c1)C(=O)Nc1cccc2ccccc12. The van der Waals surface area contributed by atoms with Crippen LogP contribution in [0.2, 0.25) is 0 Å². The number of nitrogens with one attached hydrogen (secondary N) is 1. The molecule has 3 aromatic rings. The van der Waals surface area contributed by atoms with E-state index in [1.165, 1.54) is 6.92 Å². The Balaban J connectivity index is 1.72. The standard InChI is InChI=1S/C20H15F2NO3/c1-12(26-20(25)14-9-15(21)11-16(22)10-14)19(24)23-18-8-4-6-13-5-2-3-7-17(13)18/h2-12H,1H3,(H,23,24). The predicted octanol–water partition coefficient (Wildman–Crippen LogP) is 4.30. The van der Waals surface area contributed by atoms with Crippen LogP contribution in [0.3, 0.4) is 0 Å². The van der Waals surface area contributed by atoms with E-state index in [4.69, 9.17) is 4.74 Å². The molecule has 0 bridgehead atoms. The van der Waals surface area contributed by atoms with Crippen LogP contribution in [0.25, 0.3) is 10.8 Å². The van der Waals surface area contributed by atoms with Crippen LogP contribution in [-0.2, 0) is 9.53 Å². The molecule has 132 valence electrons. The lowest BCUT2D eigenvalue weighted by molar-refractivity contribution is -0.123. The van der Waals surface area contributed by atoms with Gasteiger partial charge in [0, 0.05) is 17.1 Å². The molecule has 0 aromatic heterocycles. The van der Waals surface area contributed by atoms with Crippen LogP contribution in [0.5, 0.6) is 0 Å². The minimum Gasteiger partial charge on any atom is -0.449 e. The molecular weight excluding hydrogens is 340 g/mol. The number of halogens is 2. The third kappa shape index (κ3) is 3.85. The first-order valence-corrected chi connectivity index (χ1v) is 7.90. The van der Waals surface area contributed by atoms with Crippen LogP contribution in [0.15, 0.2) is 60.7 Å². The quantitative estimate of drug-likeness (QED) is 0.710. The van der Waals surface area contributed by atoms with Gasteiger partial charge in [-0.25, -0.2) is 13.6 Å². The van der Waals surface area contributed by atoms with E-state index in [1.54, 1.807) is 12.1 Å². The van der Waals surface area contributed by atoms with Crippen molar-refractivity contribution in [2.24, 2.45) is 0 Å². The van der Waals surface area contributed by atoms with Crippen molar-refractivity contribution in [1.82, 2.24) is 0 Å². The van der Waals surface area contributed by atoms with Crippen LogP contribution >= 0.6 is 0 Å². The molecule has 1 N–H and O–H groups in total. The number of anilines is 1. The van der Waals surface area contributed by atoms with Gasteiger partial charge in [-0.05, 0) is 30.5 Å². The second-order valence-electron chi connectivity index (χ2n) is 5.72. The van der Waals surface area contributed by atoms with Gasteiger partial charge in [0.05, 0.1) is 5.56 Å². The van der Waals surface area contributed by atoms with E-state index in [0.29, 0.717) is 11.8 Å². The first-order valence-electron chi connectivity index (χ1n) is 7.90. The Morgan fingerprint density at radius 1 is 0.962 bits per heavy atom. The summed E-state index contributed by atoms with van der Waals surface area (Å²) in [6.07, 6.45) is -1.15. The number of carbonyl (C=O) groups excluding carboxylic acids is 2. The Morgan fingerprint density at radius 3 is 2.35 bits per heavy atom. The summed E-state index contributed by atoms with van der Waals surface area (Å²) in [4.78, 5) is 24.3. The number of amides is 1. The van der Waals surface area contributed by atoms with Crippen molar-refractivity contribution in [3.8, 4) is 0 Å². The van der Waals surface area contributed by atoms with E-state index < -0.39 is 29.6 Å². The number of carbonyl (C=O) groups is 2. The maximum Gasteiger partial charge on any atom is 0.339 e. The molecule has 1 unspecified atom stereocenters. The number of rotatable bonds is 4. The first kappa shape index (κ1) is 17.5. The average molecular weight is 355 g/mol. The number of hydrogen-bond donors (Lipinski definition) is 1. The van der Waals surface area contributed by atoms with Crippen LogP contribution < -0.4 is 5.32 Å². The van der Waals surface area contributed by atoms with E-state index in [0.717, 1.165) is 22.9 Å². The highest BCUT2D eigenvalue weighted by Gasteiger charge is 2.20. The van der Waals surface area contributed by atoms with Crippen molar-refractivity contribution >= 4 is 28.3 Å². The minimum atomic E-state index is -1.15. The Bertz CT molecular complexity index is 962. The highest BCUT2D eigenvalue weighted by molar-refractivity contribution is 6.04. The fraction of sp³-hybridized carbons (Fsp3) is 0.100. The van der Waals surface area contributed by atoms with Crippen LogP contribution in [0.4, 0.5) is 14.5 Å². The van der Waals surface area contributed by atoms with E-state index in [9.17, 15) is 18.4 Å². The van der Waals surface area contributed by atoms with Crippen molar-refractivity contribution in [3.63, 3.8) is 0 Å². The third-order valence-corrected chi connectivity index (χ3v) is 3.80. The van der Waals surface area contributed by atoms with Crippen molar-refractivity contribution in [2.45, 2.75) is 13.0 Å². The Morgan fingerprint density at radius 2 is 1.62 bits per heavy atom. The number of hydrogen-bond acceptors (Lipinski definition) is 3. The van der Waals surface area contributed by atoms with Crippen LogP contribution in [-0.4, -0.2) is 18.0 Å². The van der Waals surface area contributed by atoms with Gasteiger partial charge in [-0.2, -0.15) is 0 Å². The van der Waals surface area contributed by atoms with E-state index >= 15 is 0 Å². The highest BCUT2D eigenvalue weighted by Crippen LogP contribution is 2.23. The normalized spacial score (nSPS) is 11.8. The van der Waals surface area contributed by atoms with Gasteiger partial charge < -0.3 is 10.1 Å². The Hall–Kier alpha value is -3.28. The van der Waals surface area contributed by atoms with Gasteiger partial charge in [0.25, 0.3) is 5.91 Å². The van der Waals surface area contributed by atoms with Gasteiger partial charge in [-0.3, -0.25) is 4.79 Å². The summed E-state index contributed by atoms with van der Waals surface area (Å²) >= 11 is 0. The minimum absolute atomic E-state index is 0.299. The fourth-order valence-electron chi connectivity index (χ4n) is 2.52. The number of benzene rings is 3. The maximum atomic E-state index is 13.2. The first-order chi connectivity index (χ1) is 12.4. The zero-order chi connectivity index (χ0) is 18.7. The second kappa shape index (κ2) is 7.31. The summed E-state index contributed by atoms with van der Waals surface area (Å²) in [5.41, 5.74) is 0.278. The zero-order valence-corrected chi connectivity index (χ0v) is 13.8. The summed E-state index contributed by atoms with van der Waals surface area (Å²) in [6, 6.07) is 15.3.